The number of fused-ring (bicyclic) bond motifs is 1. The molecule has 1 saturated heterocycles. The molecule has 2 heterocycles. The summed E-state index contributed by atoms with van der Waals surface area (Å²) in [6.07, 6.45) is 0. The van der Waals surface area contributed by atoms with Crippen molar-refractivity contribution in [1.29, 1.82) is 0 Å². The second-order valence-electron chi connectivity index (χ2n) is 8.14. The van der Waals surface area contributed by atoms with Gasteiger partial charge in [0, 0.05) is 11.1 Å². The monoisotopic (exact) mass is 468 g/mol. The quantitative estimate of drug-likeness (QED) is 0.625. The van der Waals surface area contributed by atoms with E-state index in [1.807, 2.05) is 67.6 Å². The van der Waals surface area contributed by atoms with Crippen LogP contribution >= 0.6 is 0 Å². The largest absolute Gasteiger partial charge is 0.481 e. The van der Waals surface area contributed by atoms with Gasteiger partial charge in [-0.05, 0) is 6.92 Å². The van der Waals surface area contributed by atoms with Gasteiger partial charge in [-0.1, -0.05) is 60.7 Å². The van der Waals surface area contributed by atoms with Crippen LogP contribution in [0.5, 0.6) is 0 Å². The molecule has 2 aromatic rings. The van der Waals surface area contributed by atoms with Crippen LogP contribution in [-0.2, 0) is 38.8 Å². The number of benzene rings is 2. The van der Waals surface area contributed by atoms with E-state index in [0.29, 0.717) is 57.6 Å². The van der Waals surface area contributed by atoms with Gasteiger partial charge in [0.05, 0.1) is 64.3 Å². The summed E-state index contributed by atoms with van der Waals surface area (Å²) in [5.74, 6) is -0.292. The predicted molar refractivity (Wildman–Crippen MR) is 125 cm³/mol. The number of carbonyl (C=O) groups is 1. The van der Waals surface area contributed by atoms with E-state index in [1.165, 1.54) is 0 Å². The summed E-state index contributed by atoms with van der Waals surface area (Å²) in [5.41, 5.74) is 1.45. The van der Waals surface area contributed by atoms with E-state index in [4.69, 9.17) is 28.4 Å². The minimum absolute atomic E-state index is 0.149. The van der Waals surface area contributed by atoms with E-state index < -0.39 is 17.5 Å². The zero-order chi connectivity index (χ0) is 23.6. The first kappa shape index (κ1) is 24.4. The topological polar surface area (TPSA) is 72.5 Å². The van der Waals surface area contributed by atoms with Crippen molar-refractivity contribution in [3.8, 4) is 0 Å². The highest BCUT2D eigenvalue weighted by Gasteiger charge is 2.54. The first-order chi connectivity index (χ1) is 16.7. The Bertz CT molecular complexity index is 902. The molecule has 0 bridgehead atoms. The third-order valence-corrected chi connectivity index (χ3v) is 6.02. The van der Waals surface area contributed by atoms with E-state index in [0.717, 1.165) is 11.1 Å². The summed E-state index contributed by atoms with van der Waals surface area (Å²) in [5, 5.41) is 0. The molecule has 0 amide bonds. The van der Waals surface area contributed by atoms with Gasteiger partial charge in [-0.2, -0.15) is 0 Å². The van der Waals surface area contributed by atoms with Crippen molar-refractivity contribution in [3.63, 3.8) is 0 Å². The number of rotatable bonds is 2. The molecule has 0 aromatic heterocycles. The maximum Gasteiger partial charge on any atom is 0.338 e. The Labute approximate surface area is 200 Å². The first-order valence-electron chi connectivity index (χ1n) is 11.7. The lowest BCUT2D eigenvalue weighted by Gasteiger charge is -2.36. The molecule has 7 nitrogen and oxygen atoms in total. The van der Waals surface area contributed by atoms with Gasteiger partial charge in [-0.15, -0.1) is 0 Å². The van der Waals surface area contributed by atoms with Crippen molar-refractivity contribution in [2.75, 3.05) is 59.5 Å². The van der Waals surface area contributed by atoms with Crippen LogP contribution in [0, 0.1) is 5.92 Å². The van der Waals surface area contributed by atoms with E-state index in [-0.39, 0.29) is 13.2 Å². The molecule has 0 N–H and O–H groups in total. The summed E-state index contributed by atoms with van der Waals surface area (Å²) in [4.78, 5) is 13.3. The molecule has 2 aliphatic rings. The highest BCUT2D eigenvalue weighted by atomic mass is 16.6. The number of hydrogen-bond acceptors (Lipinski definition) is 7. The lowest BCUT2D eigenvalue weighted by atomic mass is 9.74. The van der Waals surface area contributed by atoms with Crippen molar-refractivity contribution in [3.05, 3.63) is 83.1 Å². The third kappa shape index (κ3) is 5.50. The lowest BCUT2D eigenvalue weighted by molar-refractivity contribution is -0.141. The summed E-state index contributed by atoms with van der Waals surface area (Å²) < 4.78 is 34.8. The smallest absolute Gasteiger partial charge is 0.338 e. The molecule has 7 heteroatoms. The standard InChI is InChI=1S/C27H32O7/c1-21-25-24(20-32-17-16-30-13-12-29-14-15-31-18-19-33-26(25)28)27(34-21,22-8-4-2-5-9-22)23-10-6-3-7-11-23/h2-11,24H,12-20H2,1H3. The van der Waals surface area contributed by atoms with Crippen LogP contribution in [0.25, 0.3) is 0 Å². The van der Waals surface area contributed by atoms with Crippen LogP contribution in [0.2, 0.25) is 0 Å². The fourth-order valence-electron chi connectivity index (χ4n) is 4.49. The molecule has 0 aliphatic carbocycles. The molecule has 0 saturated carbocycles. The van der Waals surface area contributed by atoms with Crippen molar-refractivity contribution in [1.82, 2.24) is 0 Å². The Hall–Kier alpha value is -2.71. The summed E-state index contributed by atoms with van der Waals surface area (Å²) in [6.45, 7) is 5.22. The zero-order valence-electron chi connectivity index (χ0n) is 19.6. The van der Waals surface area contributed by atoms with Crippen LogP contribution in [-0.4, -0.2) is 65.4 Å². The summed E-state index contributed by atoms with van der Waals surface area (Å²) in [6, 6.07) is 19.9. The molecule has 1 atom stereocenters. The van der Waals surface area contributed by atoms with E-state index in [9.17, 15) is 4.79 Å². The number of cyclic esters (lactones) is 1. The van der Waals surface area contributed by atoms with Crippen molar-refractivity contribution in [2.45, 2.75) is 12.5 Å². The van der Waals surface area contributed by atoms with Gasteiger partial charge >= 0.3 is 5.97 Å². The molecule has 0 spiro atoms. The fourth-order valence-corrected chi connectivity index (χ4v) is 4.49. The molecule has 182 valence electrons. The lowest BCUT2D eigenvalue weighted by Crippen LogP contribution is -2.39. The Morgan fingerprint density at radius 2 is 1.15 bits per heavy atom. The van der Waals surface area contributed by atoms with Crippen LogP contribution in [0.1, 0.15) is 18.1 Å². The van der Waals surface area contributed by atoms with Crippen molar-refractivity contribution < 1.29 is 33.2 Å². The molecular weight excluding hydrogens is 436 g/mol. The van der Waals surface area contributed by atoms with Gasteiger partial charge < -0.3 is 28.4 Å². The second kappa shape index (κ2) is 12.1. The third-order valence-electron chi connectivity index (χ3n) is 6.02. The molecule has 2 aliphatic heterocycles. The van der Waals surface area contributed by atoms with E-state index in [1.54, 1.807) is 0 Å². The number of allylic oxidation sites excluding steroid dienone is 1. The number of carbonyl (C=O) groups excluding carboxylic acids is 1. The van der Waals surface area contributed by atoms with Crippen LogP contribution < -0.4 is 0 Å². The van der Waals surface area contributed by atoms with Gasteiger partial charge in [-0.3, -0.25) is 0 Å². The molecule has 1 fully saturated rings. The number of esters is 1. The van der Waals surface area contributed by atoms with Crippen molar-refractivity contribution >= 4 is 5.97 Å². The van der Waals surface area contributed by atoms with Crippen LogP contribution in [0.15, 0.2) is 72.0 Å². The summed E-state index contributed by atoms with van der Waals surface area (Å²) in [7, 11) is 0. The number of hydrogen-bond donors (Lipinski definition) is 0. The van der Waals surface area contributed by atoms with Crippen molar-refractivity contribution in [2.24, 2.45) is 5.92 Å². The maximum absolute atomic E-state index is 13.3. The molecule has 1 unspecified atom stereocenters. The van der Waals surface area contributed by atoms with E-state index >= 15 is 0 Å². The SMILES string of the molecule is CC1=C2C(=O)OCCOCCOCCOCCOCC2C(c2ccccc2)(c2ccccc2)O1. The second-order valence-corrected chi connectivity index (χ2v) is 8.14. The minimum atomic E-state index is -0.922. The first-order valence-corrected chi connectivity index (χ1v) is 11.7. The fraction of sp³-hybridized carbons (Fsp3) is 0.444. The Morgan fingerprint density at radius 3 is 1.68 bits per heavy atom. The minimum Gasteiger partial charge on any atom is -0.481 e. The molecular formula is C27H32O7. The van der Waals surface area contributed by atoms with Gasteiger partial charge in [-0.25, -0.2) is 4.79 Å². The Balaban J connectivity index is 1.68. The molecule has 4 rings (SSSR count). The predicted octanol–water partition coefficient (Wildman–Crippen LogP) is 3.47. The normalized spacial score (nSPS) is 22.9. The molecule has 2 aromatic carbocycles. The molecule has 0 radical (unpaired) electrons. The molecule has 34 heavy (non-hydrogen) atoms. The van der Waals surface area contributed by atoms with Crippen LogP contribution in [0.4, 0.5) is 0 Å². The Kier molecular flexibility index (Phi) is 8.71. The van der Waals surface area contributed by atoms with E-state index in [2.05, 4.69) is 0 Å². The maximum atomic E-state index is 13.3. The average Bonchev–Trinajstić information content (AvgIpc) is 3.17. The van der Waals surface area contributed by atoms with Crippen LogP contribution in [0.3, 0.4) is 0 Å². The van der Waals surface area contributed by atoms with Gasteiger partial charge in [0.1, 0.15) is 12.4 Å². The highest BCUT2D eigenvalue weighted by molar-refractivity contribution is 5.91. The summed E-state index contributed by atoms with van der Waals surface area (Å²) >= 11 is 0. The van der Waals surface area contributed by atoms with Gasteiger partial charge in [0.25, 0.3) is 0 Å². The van der Waals surface area contributed by atoms with Gasteiger partial charge in [0.2, 0.25) is 0 Å². The van der Waals surface area contributed by atoms with Gasteiger partial charge in [0.15, 0.2) is 5.60 Å². The zero-order valence-corrected chi connectivity index (χ0v) is 19.6. The average molecular weight is 469 g/mol. The highest BCUT2D eigenvalue weighted by Crippen LogP contribution is 2.51. The number of ether oxygens (including phenoxy) is 6. The Morgan fingerprint density at radius 1 is 0.676 bits per heavy atom.